The van der Waals surface area contributed by atoms with E-state index in [2.05, 4.69) is 0 Å². The zero-order valence-corrected chi connectivity index (χ0v) is 10.9. The molecule has 2 aromatic rings. The van der Waals surface area contributed by atoms with Gasteiger partial charge in [0.1, 0.15) is 5.82 Å². The summed E-state index contributed by atoms with van der Waals surface area (Å²) in [6, 6.07) is 10.6. The monoisotopic (exact) mass is 278 g/mol. The SMILES string of the molecule is CC(=O)c1ccc(-c2ccccc2S(=O)O)cc1F. The van der Waals surface area contributed by atoms with Crippen molar-refractivity contribution in [3.05, 3.63) is 53.8 Å². The normalized spacial score (nSPS) is 12.2. The Labute approximate surface area is 112 Å². The Hall–Kier alpha value is -1.85. The molecule has 1 unspecified atom stereocenters. The third-order valence-electron chi connectivity index (χ3n) is 2.73. The Kier molecular flexibility index (Phi) is 3.87. The summed E-state index contributed by atoms with van der Waals surface area (Å²) in [5, 5.41) is 0. The zero-order valence-electron chi connectivity index (χ0n) is 10.1. The molecule has 2 rings (SSSR count). The van der Waals surface area contributed by atoms with Crippen molar-refractivity contribution in [1.82, 2.24) is 0 Å². The van der Waals surface area contributed by atoms with Crippen LogP contribution in [0.5, 0.6) is 0 Å². The first-order valence-corrected chi connectivity index (χ1v) is 6.62. The molecule has 0 aliphatic carbocycles. The van der Waals surface area contributed by atoms with E-state index in [1.165, 1.54) is 25.1 Å². The smallest absolute Gasteiger partial charge is 0.187 e. The second-order valence-electron chi connectivity index (χ2n) is 4.00. The molecule has 0 spiro atoms. The van der Waals surface area contributed by atoms with Gasteiger partial charge in [-0.05, 0) is 30.7 Å². The van der Waals surface area contributed by atoms with Crippen LogP contribution in [-0.2, 0) is 11.1 Å². The molecule has 19 heavy (non-hydrogen) atoms. The Bertz CT molecular complexity index is 667. The van der Waals surface area contributed by atoms with Gasteiger partial charge in [0.2, 0.25) is 0 Å². The van der Waals surface area contributed by atoms with Crippen LogP contribution in [0.15, 0.2) is 47.4 Å². The molecule has 2 aromatic carbocycles. The maximum absolute atomic E-state index is 13.8. The number of carbonyl (C=O) groups is 1. The summed E-state index contributed by atoms with van der Waals surface area (Å²) in [6.07, 6.45) is 0. The first kappa shape index (κ1) is 13.6. The lowest BCUT2D eigenvalue weighted by Gasteiger charge is -2.07. The second-order valence-corrected chi connectivity index (χ2v) is 4.93. The predicted octanol–water partition coefficient (Wildman–Crippen LogP) is 3.28. The molecule has 1 N–H and O–H groups in total. The summed E-state index contributed by atoms with van der Waals surface area (Å²) in [5.74, 6) is -0.994. The molecule has 0 aliphatic heterocycles. The lowest BCUT2D eigenvalue weighted by atomic mass is 10.0. The van der Waals surface area contributed by atoms with Crippen LogP contribution in [0, 0.1) is 5.82 Å². The lowest BCUT2D eigenvalue weighted by molar-refractivity contribution is 0.101. The number of benzene rings is 2. The summed E-state index contributed by atoms with van der Waals surface area (Å²) < 4.78 is 34.2. The van der Waals surface area contributed by atoms with Crippen molar-refractivity contribution in [3.63, 3.8) is 0 Å². The quantitative estimate of drug-likeness (QED) is 0.692. The van der Waals surface area contributed by atoms with Gasteiger partial charge in [-0.3, -0.25) is 4.79 Å². The van der Waals surface area contributed by atoms with Gasteiger partial charge in [-0.1, -0.05) is 24.3 Å². The summed E-state index contributed by atoms with van der Waals surface area (Å²) in [4.78, 5) is 11.4. The van der Waals surface area contributed by atoms with Gasteiger partial charge in [-0.2, -0.15) is 0 Å². The van der Waals surface area contributed by atoms with Crippen LogP contribution in [0.25, 0.3) is 11.1 Å². The van der Waals surface area contributed by atoms with Gasteiger partial charge in [-0.15, -0.1) is 0 Å². The van der Waals surface area contributed by atoms with Gasteiger partial charge in [0.05, 0.1) is 10.5 Å². The number of halogens is 1. The molecule has 0 bridgehead atoms. The number of hydrogen-bond acceptors (Lipinski definition) is 2. The van der Waals surface area contributed by atoms with E-state index in [4.69, 9.17) is 0 Å². The fourth-order valence-electron chi connectivity index (χ4n) is 1.83. The highest BCUT2D eigenvalue weighted by molar-refractivity contribution is 7.79. The maximum Gasteiger partial charge on any atom is 0.187 e. The van der Waals surface area contributed by atoms with Crippen LogP contribution < -0.4 is 0 Å². The van der Waals surface area contributed by atoms with E-state index < -0.39 is 16.9 Å². The fourth-order valence-corrected chi connectivity index (χ4v) is 2.39. The largest absolute Gasteiger partial charge is 0.302 e. The molecule has 5 heteroatoms. The number of hydrogen-bond donors (Lipinski definition) is 1. The third-order valence-corrected chi connectivity index (χ3v) is 3.47. The van der Waals surface area contributed by atoms with Crippen LogP contribution in [0.3, 0.4) is 0 Å². The Morgan fingerprint density at radius 1 is 1.21 bits per heavy atom. The van der Waals surface area contributed by atoms with Crippen LogP contribution in [-0.4, -0.2) is 14.5 Å². The minimum absolute atomic E-state index is 0.00588. The molecule has 0 fully saturated rings. The van der Waals surface area contributed by atoms with Gasteiger partial charge in [-0.25, -0.2) is 8.60 Å². The van der Waals surface area contributed by atoms with Gasteiger partial charge >= 0.3 is 0 Å². The van der Waals surface area contributed by atoms with E-state index >= 15 is 0 Å². The molecule has 1 atom stereocenters. The molecule has 0 aromatic heterocycles. The molecule has 0 saturated heterocycles. The molecule has 0 amide bonds. The van der Waals surface area contributed by atoms with Crippen molar-refractivity contribution in [2.75, 3.05) is 0 Å². The predicted molar refractivity (Wildman–Crippen MR) is 70.9 cm³/mol. The van der Waals surface area contributed by atoms with Crippen molar-refractivity contribution >= 4 is 16.9 Å². The Balaban J connectivity index is 2.57. The van der Waals surface area contributed by atoms with Crippen LogP contribution in [0.2, 0.25) is 0 Å². The van der Waals surface area contributed by atoms with Crippen LogP contribution in [0.1, 0.15) is 17.3 Å². The highest BCUT2D eigenvalue weighted by atomic mass is 32.2. The van der Waals surface area contributed by atoms with Gasteiger partial charge < -0.3 is 4.55 Å². The first-order chi connectivity index (χ1) is 9.00. The van der Waals surface area contributed by atoms with Gasteiger partial charge in [0, 0.05) is 5.56 Å². The highest BCUT2D eigenvalue weighted by Gasteiger charge is 2.12. The number of Topliss-reactive ketones (excluding diaryl/α,β-unsaturated/α-hetero) is 1. The highest BCUT2D eigenvalue weighted by Crippen LogP contribution is 2.27. The minimum atomic E-state index is -2.15. The van der Waals surface area contributed by atoms with Crippen LogP contribution in [0.4, 0.5) is 4.39 Å². The van der Waals surface area contributed by atoms with E-state index in [-0.39, 0.29) is 16.2 Å². The van der Waals surface area contributed by atoms with E-state index in [1.54, 1.807) is 24.3 Å². The van der Waals surface area contributed by atoms with E-state index in [0.29, 0.717) is 11.1 Å². The van der Waals surface area contributed by atoms with Crippen molar-refractivity contribution in [2.45, 2.75) is 11.8 Å². The molecule has 0 radical (unpaired) electrons. The first-order valence-electron chi connectivity index (χ1n) is 5.51. The molecule has 98 valence electrons. The standard InChI is InChI=1S/C14H11FO3S/c1-9(16)11-7-6-10(8-13(11)15)12-4-2-3-5-14(12)19(17)18/h2-8H,1H3,(H,17,18). The van der Waals surface area contributed by atoms with Crippen LogP contribution >= 0.6 is 0 Å². The third kappa shape index (κ3) is 2.77. The minimum Gasteiger partial charge on any atom is -0.302 e. The molecule has 0 saturated carbocycles. The summed E-state index contributed by atoms with van der Waals surface area (Å²) >= 11 is -2.15. The molecule has 0 aliphatic rings. The average Bonchev–Trinajstić information content (AvgIpc) is 2.38. The average molecular weight is 278 g/mol. The van der Waals surface area contributed by atoms with E-state index in [0.717, 1.165) is 0 Å². The van der Waals surface area contributed by atoms with Crippen molar-refractivity contribution in [3.8, 4) is 11.1 Å². The fraction of sp³-hybridized carbons (Fsp3) is 0.0714. The van der Waals surface area contributed by atoms with E-state index in [1.807, 2.05) is 0 Å². The molecular weight excluding hydrogens is 267 g/mol. The summed E-state index contributed by atoms with van der Waals surface area (Å²) in [7, 11) is 0. The van der Waals surface area contributed by atoms with Crippen molar-refractivity contribution in [2.24, 2.45) is 0 Å². The topological polar surface area (TPSA) is 54.4 Å². The van der Waals surface area contributed by atoms with Gasteiger partial charge in [0.25, 0.3) is 0 Å². The van der Waals surface area contributed by atoms with E-state index in [9.17, 15) is 17.9 Å². The van der Waals surface area contributed by atoms with Crippen molar-refractivity contribution in [1.29, 1.82) is 0 Å². The van der Waals surface area contributed by atoms with Crippen molar-refractivity contribution < 1.29 is 17.9 Å². The lowest BCUT2D eigenvalue weighted by Crippen LogP contribution is -1.98. The Morgan fingerprint density at radius 2 is 1.89 bits per heavy atom. The van der Waals surface area contributed by atoms with Gasteiger partial charge in [0.15, 0.2) is 16.9 Å². The summed E-state index contributed by atoms with van der Waals surface area (Å²) in [5.41, 5.74) is 0.934. The maximum atomic E-state index is 13.8. The molecular formula is C14H11FO3S. The Morgan fingerprint density at radius 3 is 2.47 bits per heavy atom. The molecule has 3 nitrogen and oxygen atoms in total. The number of rotatable bonds is 3. The second kappa shape index (κ2) is 5.42. The zero-order chi connectivity index (χ0) is 14.0. The molecule has 0 heterocycles. The number of carbonyl (C=O) groups excluding carboxylic acids is 1. The number of ketones is 1. The summed E-state index contributed by atoms with van der Waals surface area (Å²) in [6.45, 7) is 1.29.